The molecule has 0 atom stereocenters. The molecule has 1 aliphatic rings. The van der Waals surface area contributed by atoms with E-state index in [0.717, 1.165) is 0 Å². The number of fused-ring (bicyclic) bond motifs is 1. The molecule has 8 heteroatoms. The first kappa shape index (κ1) is 12.8. The Kier molecular flexibility index (Phi) is 3.23. The molecule has 0 saturated heterocycles. The molecule has 1 aliphatic heterocycles. The van der Waals surface area contributed by atoms with E-state index in [-0.39, 0.29) is 12.5 Å². The van der Waals surface area contributed by atoms with Crippen LogP contribution in [0.5, 0.6) is 11.5 Å². The summed E-state index contributed by atoms with van der Waals surface area (Å²) < 4.78 is 16.3. The highest BCUT2D eigenvalue weighted by atomic mass is 79.9. The van der Waals surface area contributed by atoms with E-state index in [1.54, 1.807) is 18.2 Å². The number of furan rings is 1. The third-order valence-corrected chi connectivity index (χ3v) is 3.20. The maximum atomic E-state index is 11.1. The zero-order valence-corrected chi connectivity index (χ0v) is 11.7. The summed E-state index contributed by atoms with van der Waals surface area (Å²) in [6, 6.07) is 6.43. The molecule has 0 saturated carbocycles. The molecule has 1 N–H and O–H groups in total. The number of hydrogen-bond donors (Lipinski definition) is 1. The van der Waals surface area contributed by atoms with Gasteiger partial charge in [-0.1, -0.05) is 0 Å². The van der Waals surface area contributed by atoms with E-state index < -0.39 is 4.92 Å². The van der Waals surface area contributed by atoms with E-state index >= 15 is 0 Å². The van der Waals surface area contributed by atoms with Crippen LogP contribution in [0.25, 0.3) is 0 Å². The zero-order valence-electron chi connectivity index (χ0n) is 10.1. The maximum absolute atomic E-state index is 11.1. The van der Waals surface area contributed by atoms with Gasteiger partial charge < -0.3 is 19.2 Å². The van der Waals surface area contributed by atoms with Crippen LogP contribution in [0.2, 0.25) is 0 Å². The molecule has 104 valence electrons. The van der Waals surface area contributed by atoms with Crippen LogP contribution < -0.4 is 14.8 Å². The minimum absolute atomic E-state index is 0.0696. The zero-order chi connectivity index (χ0) is 14.1. The largest absolute Gasteiger partial charge is 0.454 e. The van der Waals surface area contributed by atoms with Gasteiger partial charge in [0.2, 0.25) is 6.79 Å². The van der Waals surface area contributed by atoms with E-state index in [1.807, 2.05) is 0 Å². The Labute approximate surface area is 121 Å². The number of halogens is 1. The predicted molar refractivity (Wildman–Crippen MR) is 73.0 cm³/mol. The van der Waals surface area contributed by atoms with Crippen LogP contribution in [0.3, 0.4) is 0 Å². The van der Waals surface area contributed by atoms with Crippen LogP contribution in [0.1, 0.15) is 5.76 Å². The molecule has 0 spiro atoms. The van der Waals surface area contributed by atoms with Crippen LogP contribution in [-0.4, -0.2) is 11.7 Å². The van der Waals surface area contributed by atoms with E-state index in [2.05, 4.69) is 21.2 Å². The molecule has 0 fully saturated rings. The monoisotopic (exact) mass is 340 g/mol. The molecule has 0 radical (unpaired) electrons. The van der Waals surface area contributed by atoms with Crippen molar-refractivity contribution < 1.29 is 18.8 Å². The first-order valence-corrected chi connectivity index (χ1v) is 6.49. The SMILES string of the molecule is O=[N+]([O-])c1cc2c(cc1NCc1ccc(Br)o1)OCO2. The lowest BCUT2D eigenvalue weighted by Crippen LogP contribution is -2.02. The van der Waals surface area contributed by atoms with Gasteiger partial charge in [-0.2, -0.15) is 0 Å². The summed E-state index contributed by atoms with van der Waals surface area (Å²) in [5.74, 6) is 1.52. The Morgan fingerprint density at radius 2 is 2.05 bits per heavy atom. The highest BCUT2D eigenvalue weighted by Gasteiger charge is 2.23. The van der Waals surface area contributed by atoms with Gasteiger partial charge in [0.05, 0.1) is 17.5 Å². The summed E-state index contributed by atoms with van der Waals surface area (Å²) in [6.45, 7) is 0.396. The van der Waals surface area contributed by atoms with Gasteiger partial charge in [0.15, 0.2) is 16.2 Å². The van der Waals surface area contributed by atoms with Crippen LogP contribution in [0.4, 0.5) is 11.4 Å². The number of hydrogen-bond acceptors (Lipinski definition) is 6. The van der Waals surface area contributed by atoms with Crippen LogP contribution in [-0.2, 0) is 6.54 Å². The lowest BCUT2D eigenvalue weighted by molar-refractivity contribution is -0.384. The van der Waals surface area contributed by atoms with E-state index in [9.17, 15) is 10.1 Å². The van der Waals surface area contributed by atoms with Gasteiger partial charge in [-0.3, -0.25) is 10.1 Å². The molecule has 0 bridgehead atoms. The van der Waals surface area contributed by atoms with Crippen molar-refractivity contribution in [3.8, 4) is 11.5 Å². The molecular formula is C12H9BrN2O5. The number of ether oxygens (including phenoxy) is 2. The molecule has 0 amide bonds. The fourth-order valence-corrected chi connectivity index (χ4v) is 2.19. The van der Waals surface area contributed by atoms with Crippen LogP contribution in [0, 0.1) is 10.1 Å². The average Bonchev–Trinajstić information content (AvgIpc) is 3.03. The van der Waals surface area contributed by atoms with E-state index in [4.69, 9.17) is 13.9 Å². The molecule has 2 aromatic rings. The number of nitro benzene ring substituents is 1. The third kappa shape index (κ3) is 2.42. The summed E-state index contributed by atoms with van der Waals surface area (Å²) in [5.41, 5.74) is 0.284. The fourth-order valence-electron chi connectivity index (χ4n) is 1.85. The molecule has 20 heavy (non-hydrogen) atoms. The van der Waals surface area contributed by atoms with Crippen molar-refractivity contribution in [1.82, 2.24) is 0 Å². The Hall–Kier alpha value is -2.22. The molecule has 2 heterocycles. The summed E-state index contributed by atoms with van der Waals surface area (Å²) in [5, 5.41) is 14.0. The van der Waals surface area contributed by atoms with Gasteiger partial charge in [0.1, 0.15) is 11.4 Å². The minimum Gasteiger partial charge on any atom is -0.454 e. The lowest BCUT2D eigenvalue weighted by Gasteiger charge is -2.06. The fraction of sp³-hybridized carbons (Fsp3) is 0.167. The Morgan fingerprint density at radius 1 is 1.30 bits per heavy atom. The van der Waals surface area contributed by atoms with Crippen molar-refractivity contribution in [2.45, 2.75) is 6.54 Å². The molecule has 7 nitrogen and oxygen atoms in total. The molecule has 0 unspecified atom stereocenters. The Balaban J connectivity index is 1.86. The van der Waals surface area contributed by atoms with Gasteiger partial charge in [0, 0.05) is 6.07 Å². The second-order valence-corrected chi connectivity index (χ2v) is 4.82. The van der Waals surface area contributed by atoms with E-state index in [1.165, 1.54) is 6.07 Å². The first-order chi connectivity index (χ1) is 9.63. The number of rotatable bonds is 4. The van der Waals surface area contributed by atoms with Gasteiger partial charge in [-0.15, -0.1) is 0 Å². The normalized spacial score (nSPS) is 12.4. The minimum atomic E-state index is -0.470. The van der Waals surface area contributed by atoms with Gasteiger partial charge in [0.25, 0.3) is 5.69 Å². The number of anilines is 1. The number of benzene rings is 1. The number of nitrogens with zero attached hydrogens (tertiary/aromatic N) is 1. The predicted octanol–water partition coefficient (Wildman–Crippen LogP) is 3.29. The number of nitro groups is 1. The Bertz CT molecular complexity index is 670. The van der Waals surface area contributed by atoms with Crippen molar-refractivity contribution in [1.29, 1.82) is 0 Å². The summed E-state index contributed by atoms with van der Waals surface area (Å²) in [7, 11) is 0. The van der Waals surface area contributed by atoms with Crippen molar-refractivity contribution in [3.63, 3.8) is 0 Å². The second kappa shape index (κ2) is 5.04. The summed E-state index contributed by atoms with van der Waals surface area (Å²) in [4.78, 5) is 10.6. The van der Waals surface area contributed by atoms with Gasteiger partial charge in [-0.05, 0) is 28.1 Å². The lowest BCUT2D eigenvalue weighted by atomic mass is 10.2. The van der Waals surface area contributed by atoms with E-state index in [0.29, 0.717) is 34.2 Å². The second-order valence-electron chi connectivity index (χ2n) is 4.04. The average molecular weight is 341 g/mol. The van der Waals surface area contributed by atoms with Crippen molar-refractivity contribution in [2.24, 2.45) is 0 Å². The standard InChI is InChI=1S/C12H9BrN2O5/c13-12-2-1-7(20-12)5-14-8-3-10-11(19-6-18-10)4-9(8)15(16)17/h1-4,14H,5-6H2. The summed E-state index contributed by atoms with van der Waals surface area (Å²) >= 11 is 3.20. The third-order valence-electron chi connectivity index (χ3n) is 2.77. The molecule has 1 aromatic heterocycles. The van der Waals surface area contributed by atoms with Crippen molar-refractivity contribution in [2.75, 3.05) is 12.1 Å². The number of nitrogens with one attached hydrogen (secondary N) is 1. The molecule has 0 aliphatic carbocycles. The van der Waals surface area contributed by atoms with Crippen LogP contribution in [0.15, 0.2) is 33.4 Å². The molecule has 1 aromatic carbocycles. The maximum Gasteiger partial charge on any atom is 0.296 e. The topological polar surface area (TPSA) is 86.8 Å². The molecular weight excluding hydrogens is 332 g/mol. The highest BCUT2D eigenvalue weighted by Crippen LogP contribution is 2.40. The van der Waals surface area contributed by atoms with Crippen molar-refractivity contribution in [3.05, 3.63) is 44.8 Å². The van der Waals surface area contributed by atoms with Gasteiger partial charge >= 0.3 is 0 Å². The smallest absolute Gasteiger partial charge is 0.296 e. The van der Waals surface area contributed by atoms with Gasteiger partial charge in [-0.25, -0.2) is 0 Å². The molecule has 3 rings (SSSR count). The van der Waals surface area contributed by atoms with Crippen molar-refractivity contribution >= 4 is 27.3 Å². The first-order valence-electron chi connectivity index (χ1n) is 5.69. The highest BCUT2D eigenvalue weighted by molar-refractivity contribution is 9.10. The Morgan fingerprint density at radius 3 is 2.70 bits per heavy atom. The van der Waals surface area contributed by atoms with Crippen LogP contribution >= 0.6 is 15.9 Å². The quantitative estimate of drug-likeness (QED) is 0.678. The summed E-state index contributed by atoms with van der Waals surface area (Å²) in [6.07, 6.45) is 0.